The monoisotopic (exact) mass is 509 g/mol. The highest BCUT2D eigenvalue weighted by atomic mass is 16.5. The van der Waals surface area contributed by atoms with E-state index in [-0.39, 0.29) is 17.8 Å². The largest absolute Gasteiger partial charge is 0.415 e. The van der Waals surface area contributed by atoms with Crippen LogP contribution in [0.15, 0.2) is 102 Å². The van der Waals surface area contributed by atoms with E-state index in [0.29, 0.717) is 36.5 Å². The van der Waals surface area contributed by atoms with Gasteiger partial charge < -0.3 is 14.4 Å². The number of aromatic nitrogens is 2. The molecule has 8 nitrogen and oxygen atoms in total. The van der Waals surface area contributed by atoms with Gasteiger partial charge in [-0.2, -0.15) is 0 Å². The van der Waals surface area contributed by atoms with Crippen LogP contribution in [0.5, 0.6) is 5.75 Å². The molecule has 5 rings (SSSR count). The molecule has 0 radical (unpaired) electrons. The zero-order valence-corrected chi connectivity index (χ0v) is 20.9. The lowest BCUT2D eigenvalue weighted by atomic mass is 10.1. The third-order valence-corrected chi connectivity index (χ3v) is 6.56. The van der Waals surface area contributed by atoms with Crippen LogP contribution in [0.4, 0.5) is 0 Å². The number of rotatable bonds is 7. The summed E-state index contributed by atoms with van der Waals surface area (Å²) in [5.41, 5.74) is 1.39. The quantitative estimate of drug-likeness (QED) is 0.347. The van der Waals surface area contributed by atoms with Gasteiger partial charge in [0.1, 0.15) is 5.82 Å². The Morgan fingerprint density at radius 3 is 2.16 bits per heavy atom. The molecule has 0 bridgehead atoms. The maximum Gasteiger partial charge on any atom is 0.343 e. The summed E-state index contributed by atoms with van der Waals surface area (Å²) in [5.74, 6) is -0.603. The number of ether oxygens (including phenoxy) is 2. The molecule has 192 valence electrons. The average molecular weight is 510 g/mol. The second-order valence-corrected chi connectivity index (χ2v) is 9.09. The number of hydrogen-bond donors (Lipinski definition) is 0. The third-order valence-electron chi connectivity index (χ3n) is 6.56. The summed E-state index contributed by atoms with van der Waals surface area (Å²) >= 11 is 0. The van der Waals surface area contributed by atoms with Gasteiger partial charge in [-0.15, -0.1) is 0 Å². The average Bonchev–Trinajstić information content (AvgIpc) is 3.39. The Morgan fingerprint density at radius 2 is 1.50 bits per heavy atom. The first-order valence-electron chi connectivity index (χ1n) is 12.4. The number of nitrogens with zero attached hydrogens (tertiary/aromatic N) is 3. The van der Waals surface area contributed by atoms with Crippen LogP contribution in [0.1, 0.15) is 44.6 Å². The van der Waals surface area contributed by atoms with E-state index < -0.39 is 17.6 Å². The van der Waals surface area contributed by atoms with Crippen molar-refractivity contribution >= 4 is 11.9 Å². The van der Waals surface area contributed by atoms with Crippen LogP contribution >= 0.6 is 0 Å². The zero-order valence-electron chi connectivity index (χ0n) is 20.9. The van der Waals surface area contributed by atoms with Gasteiger partial charge in [-0.25, -0.2) is 9.78 Å². The molecule has 4 aromatic rings. The fraction of sp³-hybridized carbons (Fsp3) is 0.200. The Labute approximate surface area is 220 Å². The molecular weight excluding hydrogens is 482 g/mol. The summed E-state index contributed by atoms with van der Waals surface area (Å²) in [6.07, 6.45) is 1.47. The molecule has 0 unspecified atom stereocenters. The van der Waals surface area contributed by atoms with Gasteiger partial charge in [-0.05, 0) is 29.8 Å². The molecule has 0 spiro atoms. The van der Waals surface area contributed by atoms with E-state index in [1.54, 1.807) is 54.4 Å². The van der Waals surface area contributed by atoms with Crippen LogP contribution < -0.4 is 10.3 Å². The van der Waals surface area contributed by atoms with Crippen LogP contribution in [-0.2, 0) is 18.4 Å². The first-order valence-corrected chi connectivity index (χ1v) is 12.4. The molecule has 0 saturated carbocycles. The number of amides is 1. The topological polar surface area (TPSA) is 90.7 Å². The smallest absolute Gasteiger partial charge is 0.343 e. The predicted octanol–water partition coefficient (Wildman–Crippen LogP) is 4.17. The molecule has 1 saturated heterocycles. The summed E-state index contributed by atoms with van der Waals surface area (Å²) in [6.45, 7) is 0.762. The van der Waals surface area contributed by atoms with Crippen molar-refractivity contribution in [3.05, 3.63) is 130 Å². The summed E-state index contributed by atoms with van der Waals surface area (Å²) in [4.78, 5) is 45.3. The van der Waals surface area contributed by atoms with Crippen LogP contribution in [0.25, 0.3) is 0 Å². The van der Waals surface area contributed by atoms with E-state index in [9.17, 15) is 14.4 Å². The Bertz CT molecular complexity index is 1470. The fourth-order valence-electron chi connectivity index (χ4n) is 4.57. The standard InChI is InChI=1S/C30H27N3O5/c1-32-27(31-18-26(29(32)35)38-30(36)23-15-9-4-10-16-23)25-17-24(37-20-21-11-5-2-6-12-21)19-33(25)28(34)22-13-7-3-8-14-22/h2-16,18,24-25H,17,19-20H2,1H3/t24-,25+/m1/s1. The second kappa shape index (κ2) is 11.2. The van der Waals surface area contributed by atoms with Crippen molar-refractivity contribution in [2.24, 2.45) is 7.05 Å². The highest BCUT2D eigenvalue weighted by molar-refractivity contribution is 5.94. The summed E-state index contributed by atoms with van der Waals surface area (Å²) in [5, 5.41) is 0. The highest BCUT2D eigenvalue weighted by Crippen LogP contribution is 2.34. The van der Waals surface area contributed by atoms with Crippen molar-refractivity contribution in [1.29, 1.82) is 0 Å². The number of esters is 1. The lowest BCUT2D eigenvalue weighted by molar-refractivity contribution is 0.0437. The van der Waals surface area contributed by atoms with Crippen LogP contribution in [0.3, 0.4) is 0 Å². The van der Waals surface area contributed by atoms with E-state index in [0.717, 1.165) is 5.56 Å². The Balaban J connectivity index is 1.41. The molecule has 1 fully saturated rings. The minimum absolute atomic E-state index is 0.171. The van der Waals surface area contributed by atoms with E-state index in [1.165, 1.54) is 10.8 Å². The van der Waals surface area contributed by atoms with Crippen molar-refractivity contribution in [3.8, 4) is 5.75 Å². The van der Waals surface area contributed by atoms with Gasteiger partial charge in [0.15, 0.2) is 0 Å². The van der Waals surface area contributed by atoms with Crippen molar-refractivity contribution in [2.45, 2.75) is 25.2 Å². The molecule has 2 heterocycles. The Morgan fingerprint density at radius 1 is 0.895 bits per heavy atom. The van der Waals surface area contributed by atoms with Crippen molar-refractivity contribution < 1.29 is 19.1 Å². The molecule has 3 aromatic carbocycles. The minimum Gasteiger partial charge on any atom is -0.415 e. The number of carbonyl (C=O) groups excluding carboxylic acids is 2. The van der Waals surface area contributed by atoms with Gasteiger partial charge in [0, 0.05) is 25.6 Å². The summed E-state index contributed by atoms with van der Waals surface area (Å²) in [7, 11) is 1.56. The summed E-state index contributed by atoms with van der Waals surface area (Å²) < 4.78 is 12.9. The third kappa shape index (κ3) is 5.40. The van der Waals surface area contributed by atoms with Crippen molar-refractivity contribution in [2.75, 3.05) is 6.54 Å². The molecular formula is C30H27N3O5. The lowest BCUT2D eigenvalue weighted by Gasteiger charge is -2.25. The number of carbonyl (C=O) groups is 2. The molecule has 1 aliphatic rings. The number of hydrogen-bond acceptors (Lipinski definition) is 6. The normalized spacial score (nSPS) is 16.8. The molecule has 1 amide bonds. The van der Waals surface area contributed by atoms with Gasteiger partial charge in [0.25, 0.3) is 11.5 Å². The molecule has 2 atom stereocenters. The van der Waals surface area contributed by atoms with E-state index in [1.807, 2.05) is 48.5 Å². The van der Waals surface area contributed by atoms with Gasteiger partial charge in [0.2, 0.25) is 5.75 Å². The first kappa shape index (κ1) is 25.1. The van der Waals surface area contributed by atoms with Crippen LogP contribution in [0, 0.1) is 0 Å². The minimum atomic E-state index is -0.645. The number of benzene rings is 3. The first-order chi connectivity index (χ1) is 18.5. The lowest BCUT2D eigenvalue weighted by Crippen LogP contribution is -2.35. The fourth-order valence-corrected chi connectivity index (χ4v) is 4.57. The molecule has 8 heteroatoms. The van der Waals surface area contributed by atoms with E-state index >= 15 is 0 Å². The van der Waals surface area contributed by atoms with Crippen molar-refractivity contribution in [3.63, 3.8) is 0 Å². The van der Waals surface area contributed by atoms with Crippen molar-refractivity contribution in [1.82, 2.24) is 14.5 Å². The Hall–Kier alpha value is -4.56. The van der Waals surface area contributed by atoms with Crippen LogP contribution in [-0.4, -0.2) is 39.0 Å². The Kier molecular flexibility index (Phi) is 7.42. The molecule has 0 aliphatic carbocycles. The van der Waals surface area contributed by atoms with Crippen LogP contribution in [0.2, 0.25) is 0 Å². The van der Waals surface area contributed by atoms with Gasteiger partial charge in [-0.1, -0.05) is 66.7 Å². The van der Waals surface area contributed by atoms with E-state index in [2.05, 4.69) is 4.98 Å². The zero-order chi connectivity index (χ0) is 26.5. The van der Waals surface area contributed by atoms with Gasteiger partial charge in [0.05, 0.1) is 30.5 Å². The molecule has 0 N–H and O–H groups in total. The van der Waals surface area contributed by atoms with Gasteiger partial charge >= 0.3 is 5.97 Å². The predicted molar refractivity (Wildman–Crippen MR) is 141 cm³/mol. The number of likely N-dealkylation sites (tertiary alicyclic amines) is 1. The SMILES string of the molecule is Cn1c([C@@H]2C[C@@H](OCc3ccccc3)CN2C(=O)c2ccccc2)ncc(OC(=O)c2ccccc2)c1=O. The maximum atomic E-state index is 13.5. The molecule has 38 heavy (non-hydrogen) atoms. The molecule has 1 aromatic heterocycles. The summed E-state index contributed by atoms with van der Waals surface area (Å²) in [6, 6.07) is 26.7. The maximum absolute atomic E-state index is 13.5. The highest BCUT2D eigenvalue weighted by Gasteiger charge is 2.39. The van der Waals surface area contributed by atoms with E-state index in [4.69, 9.17) is 9.47 Å². The molecule has 1 aliphatic heterocycles. The second-order valence-electron chi connectivity index (χ2n) is 9.09. The van der Waals surface area contributed by atoms with Gasteiger partial charge in [-0.3, -0.25) is 14.2 Å².